The van der Waals surface area contributed by atoms with Gasteiger partial charge < -0.3 is 0 Å². The van der Waals surface area contributed by atoms with Crippen LogP contribution in [0.15, 0.2) is 53.5 Å². The van der Waals surface area contributed by atoms with E-state index in [1.165, 1.54) is 0 Å². The Hall–Kier alpha value is -1.84. The molecule has 0 saturated carbocycles. The average molecular weight is 319 g/mol. The molecule has 5 heteroatoms. The van der Waals surface area contributed by atoms with Gasteiger partial charge in [-0.05, 0) is 25.1 Å². The molecule has 21 heavy (non-hydrogen) atoms. The number of hydrogen-bond donors (Lipinski definition) is 0. The fourth-order valence-corrected chi connectivity index (χ4v) is 2.76. The molecule has 3 rings (SSSR count). The summed E-state index contributed by atoms with van der Waals surface area (Å²) in [4.78, 5) is 16.8. The molecule has 0 aromatic heterocycles. The van der Waals surface area contributed by atoms with Crippen LogP contribution in [0.3, 0.4) is 0 Å². The van der Waals surface area contributed by atoms with Crippen LogP contribution < -0.4 is 4.42 Å². The van der Waals surface area contributed by atoms with Crippen molar-refractivity contribution in [2.24, 2.45) is 4.99 Å². The van der Waals surface area contributed by atoms with E-state index in [1.54, 1.807) is 25.1 Å². The van der Waals surface area contributed by atoms with E-state index in [-0.39, 0.29) is 5.91 Å². The van der Waals surface area contributed by atoms with Gasteiger partial charge in [0, 0.05) is 27.9 Å². The van der Waals surface area contributed by atoms with Gasteiger partial charge in [-0.25, -0.2) is 4.42 Å². The third-order valence-electron chi connectivity index (χ3n) is 3.35. The lowest BCUT2D eigenvalue weighted by atomic mass is 10.0. The number of benzodiazepines with no additional fused rings is 1. The summed E-state index contributed by atoms with van der Waals surface area (Å²) in [5, 5.41) is 0.574. The quantitative estimate of drug-likeness (QED) is 0.729. The van der Waals surface area contributed by atoms with Gasteiger partial charge in [-0.1, -0.05) is 41.9 Å². The minimum Gasteiger partial charge on any atom is -0.271 e. The smallest absolute Gasteiger partial charge is 0.266 e. The number of rotatable bonds is 1. The predicted molar refractivity (Wildman–Crippen MR) is 86.3 cm³/mol. The van der Waals surface area contributed by atoms with E-state index in [0.717, 1.165) is 21.3 Å². The fourth-order valence-electron chi connectivity index (χ4n) is 2.30. The summed E-state index contributed by atoms with van der Waals surface area (Å²) >= 11 is 12.3. The van der Waals surface area contributed by atoms with Gasteiger partial charge in [0.2, 0.25) is 0 Å². The molecule has 1 amide bonds. The van der Waals surface area contributed by atoms with E-state index in [4.69, 9.17) is 23.4 Å². The number of halogens is 2. The first-order chi connectivity index (χ1) is 10.1. The number of hydrogen-bond acceptors (Lipinski definition) is 2. The molecule has 0 saturated heterocycles. The number of carbonyl (C=O) groups is 1. The largest absolute Gasteiger partial charge is 0.271 e. The van der Waals surface area contributed by atoms with Crippen LogP contribution in [0.25, 0.3) is 0 Å². The minimum absolute atomic E-state index is 0.258. The topological polar surface area (TPSA) is 32.7 Å². The van der Waals surface area contributed by atoms with Crippen molar-refractivity contribution in [1.29, 1.82) is 0 Å². The van der Waals surface area contributed by atoms with Crippen LogP contribution in [0.5, 0.6) is 0 Å². The van der Waals surface area contributed by atoms with Crippen molar-refractivity contribution in [2.45, 2.75) is 13.0 Å². The Labute approximate surface area is 132 Å². The Balaban J connectivity index is 2.27. The highest BCUT2D eigenvalue weighted by Crippen LogP contribution is 2.31. The highest BCUT2D eigenvalue weighted by molar-refractivity contribution is 6.40. The first kappa shape index (κ1) is 14.1. The Morgan fingerprint density at radius 3 is 2.57 bits per heavy atom. The van der Waals surface area contributed by atoms with Gasteiger partial charge in [0.15, 0.2) is 0 Å². The number of aliphatic imine (C=N–C) groups is 1. The van der Waals surface area contributed by atoms with Crippen molar-refractivity contribution in [1.82, 2.24) is 0 Å². The highest BCUT2D eigenvalue weighted by Gasteiger charge is 2.28. The Bertz CT molecular complexity index is 728. The Morgan fingerprint density at radius 1 is 1.14 bits per heavy atom. The second-order valence-corrected chi connectivity index (χ2v) is 5.57. The standard InChI is InChI=1S/C16H12Cl2N2O/c1-10-16(21)20(18)14-8-7-12(17)9-13(14)15(19-10)11-5-3-2-4-6-11/h2-10H,1H3/t10-/m0/s1. The van der Waals surface area contributed by atoms with Crippen LogP contribution in [0, 0.1) is 0 Å². The van der Waals surface area contributed by atoms with Gasteiger partial charge >= 0.3 is 0 Å². The molecule has 1 aliphatic rings. The average Bonchev–Trinajstić information content (AvgIpc) is 2.59. The first-order valence-electron chi connectivity index (χ1n) is 6.51. The van der Waals surface area contributed by atoms with E-state index in [1.807, 2.05) is 30.3 Å². The monoisotopic (exact) mass is 318 g/mol. The van der Waals surface area contributed by atoms with Crippen LogP contribution in [0.1, 0.15) is 18.1 Å². The second kappa shape index (κ2) is 5.51. The summed E-state index contributed by atoms with van der Waals surface area (Å²) in [5.41, 5.74) is 2.99. The lowest BCUT2D eigenvalue weighted by Gasteiger charge is -2.16. The van der Waals surface area contributed by atoms with Crippen molar-refractivity contribution < 1.29 is 4.79 Å². The fraction of sp³-hybridized carbons (Fsp3) is 0.125. The zero-order valence-corrected chi connectivity index (χ0v) is 12.8. The minimum atomic E-state index is -0.552. The molecular weight excluding hydrogens is 307 g/mol. The molecule has 0 aliphatic carbocycles. The van der Waals surface area contributed by atoms with Crippen molar-refractivity contribution in [3.63, 3.8) is 0 Å². The maximum absolute atomic E-state index is 12.2. The van der Waals surface area contributed by atoms with Gasteiger partial charge in [-0.15, -0.1) is 0 Å². The van der Waals surface area contributed by atoms with E-state index < -0.39 is 6.04 Å². The van der Waals surface area contributed by atoms with Gasteiger partial charge in [-0.3, -0.25) is 9.79 Å². The molecule has 0 radical (unpaired) electrons. The first-order valence-corrected chi connectivity index (χ1v) is 7.22. The lowest BCUT2D eigenvalue weighted by molar-refractivity contribution is -0.118. The van der Waals surface area contributed by atoms with Gasteiger partial charge in [0.05, 0.1) is 11.4 Å². The van der Waals surface area contributed by atoms with Crippen molar-refractivity contribution in [3.05, 3.63) is 64.7 Å². The molecule has 0 spiro atoms. The van der Waals surface area contributed by atoms with E-state index >= 15 is 0 Å². The van der Waals surface area contributed by atoms with E-state index in [9.17, 15) is 4.79 Å². The zero-order chi connectivity index (χ0) is 15.0. The molecular formula is C16H12Cl2N2O. The van der Waals surface area contributed by atoms with Gasteiger partial charge in [0.25, 0.3) is 5.91 Å². The third kappa shape index (κ3) is 2.55. The molecule has 0 bridgehead atoms. The molecule has 1 heterocycles. The SMILES string of the molecule is C[C@@H]1N=C(c2ccccc2)c2cc(Cl)ccc2N(Cl)C1=O. The number of anilines is 1. The second-order valence-electron chi connectivity index (χ2n) is 4.80. The van der Waals surface area contributed by atoms with E-state index in [2.05, 4.69) is 4.99 Å². The van der Waals surface area contributed by atoms with Crippen molar-refractivity contribution in [2.75, 3.05) is 4.42 Å². The summed E-state index contributed by atoms with van der Waals surface area (Å²) in [6.07, 6.45) is 0. The number of fused-ring (bicyclic) bond motifs is 1. The van der Waals surface area contributed by atoms with E-state index in [0.29, 0.717) is 10.7 Å². The molecule has 3 nitrogen and oxygen atoms in total. The molecule has 1 aliphatic heterocycles. The van der Waals surface area contributed by atoms with Crippen LogP contribution in [-0.4, -0.2) is 17.7 Å². The summed E-state index contributed by atoms with van der Waals surface area (Å²) in [6, 6.07) is 14.4. The molecule has 106 valence electrons. The molecule has 1 atom stereocenters. The van der Waals surface area contributed by atoms with Crippen LogP contribution in [-0.2, 0) is 4.79 Å². The predicted octanol–water partition coefficient (Wildman–Crippen LogP) is 4.07. The maximum atomic E-state index is 12.2. The normalized spacial score (nSPS) is 18.0. The number of nitrogens with zero attached hydrogens (tertiary/aromatic N) is 2. The highest BCUT2D eigenvalue weighted by atomic mass is 35.5. The van der Waals surface area contributed by atoms with Crippen LogP contribution in [0.2, 0.25) is 5.02 Å². The van der Waals surface area contributed by atoms with Gasteiger partial charge in [0.1, 0.15) is 6.04 Å². The molecule has 0 unspecified atom stereocenters. The lowest BCUT2D eigenvalue weighted by Crippen LogP contribution is -2.28. The molecule has 0 fully saturated rings. The summed E-state index contributed by atoms with van der Waals surface area (Å²) in [7, 11) is 0. The Kier molecular flexibility index (Phi) is 3.70. The van der Waals surface area contributed by atoms with Crippen molar-refractivity contribution >= 4 is 40.7 Å². The summed E-state index contributed by atoms with van der Waals surface area (Å²) in [5.74, 6) is -0.258. The molecule has 0 N–H and O–H groups in total. The number of benzene rings is 2. The third-order valence-corrected chi connectivity index (χ3v) is 3.93. The number of amides is 1. The summed E-state index contributed by atoms with van der Waals surface area (Å²) in [6.45, 7) is 1.73. The van der Waals surface area contributed by atoms with Crippen LogP contribution >= 0.6 is 23.4 Å². The Morgan fingerprint density at radius 2 is 1.86 bits per heavy atom. The molecule has 2 aromatic rings. The van der Waals surface area contributed by atoms with Gasteiger partial charge in [-0.2, -0.15) is 0 Å². The summed E-state index contributed by atoms with van der Waals surface area (Å²) < 4.78 is 1.12. The van der Waals surface area contributed by atoms with Crippen LogP contribution in [0.4, 0.5) is 5.69 Å². The molecule has 2 aromatic carbocycles. The number of carbonyl (C=O) groups excluding carboxylic acids is 1. The zero-order valence-electron chi connectivity index (χ0n) is 11.3. The van der Waals surface area contributed by atoms with Crippen molar-refractivity contribution in [3.8, 4) is 0 Å². The maximum Gasteiger partial charge on any atom is 0.266 e.